The number of hydrogen-bond donors (Lipinski definition) is 1. The van der Waals surface area contributed by atoms with Gasteiger partial charge in [-0.1, -0.05) is 0 Å². The molecular formula is C10H19NO2. The minimum Gasteiger partial charge on any atom is -0.388 e. The molecule has 2 saturated heterocycles. The lowest BCUT2D eigenvalue weighted by Gasteiger charge is -2.40. The van der Waals surface area contributed by atoms with Crippen molar-refractivity contribution in [2.24, 2.45) is 5.92 Å². The van der Waals surface area contributed by atoms with Crippen LogP contribution in [0, 0.1) is 5.92 Å². The van der Waals surface area contributed by atoms with Crippen molar-refractivity contribution in [1.29, 1.82) is 0 Å². The first-order valence-corrected chi connectivity index (χ1v) is 5.19. The van der Waals surface area contributed by atoms with Crippen molar-refractivity contribution in [2.45, 2.75) is 24.9 Å². The van der Waals surface area contributed by atoms with E-state index in [-0.39, 0.29) is 0 Å². The van der Waals surface area contributed by atoms with E-state index < -0.39 is 5.60 Å². The molecular weight excluding hydrogens is 166 g/mol. The Morgan fingerprint density at radius 3 is 3.00 bits per heavy atom. The molecule has 0 saturated carbocycles. The van der Waals surface area contributed by atoms with E-state index in [4.69, 9.17) is 4.74 Å². The predicted octanol–water partition coefficient (Wildman–Crippen LogP) is 0.480. The van der Waals surface area contributed by atoms with E-state index in [0.717, 1.165) is 45.6 Å². The highest BCUT2D eigenvalue weighted by Gasteiger charge is 2.41. The molecule has 0 aromatic heterocycles. The van der Waals surface area contributed by atoms with Crippen LogP contribution in [0.15, 0.2) is 0 Å². The van der Waals surface area contributed by atoms with Gasteiger partial charge >= 0.3 is 0 Å². The molecule has 76 valence electrons. The number of likely N-dealkylation sites (N-methyl/N-ethyl adjacent to an activating group) is 1. The summed E-state index contributed by atoms with van der Waals surface area (Å²) in [4.78, 5) is 2.22. The van der Waals surface area contributed by atoms with Gasteiger partial charge in [-0.25, -0.2) is 0 Å². The average Bonchev–Trinajstić information content (AvgIpc) is 2.55. The molecule has 2 heterocycles. The fourth-order valence-corrected chi connectivity index (χ4v) is 2.57. The number of β-amino-alcohol motifs (C(OH)–C–C–N with tert-alkyl or cyclic N) is 1. The highest BCUT2D eigenvalue weighted by atomic mass is 16.5. The fourth-order valence-electron chi connectivity index (χ4n) is 2.57. The Bertz CT molecular complexity index is 180. The summed E-state index contributed by atoms with van der Waals surface area (Å²) in [7, 11) is 2.08. The van der Waals surface area contributed by atoms with E-state index in [0.29, 0.717) is 5.92 Å². The van der Waals surface area contributed by atoms with Gasteiger partial charge in [0.05, 0.1) is 12.2 Å². The third kappa shape index (κ3) is 1.87. The number of aliphatic hydroxyl groups is 1. The lowest BCUT2D eigenvalue weighted by Crippen LogP contribution is -2.51. The van der Waals surface area contributed by atoms with Gasteiger partial charge < -0.3 is 14.7 Å². The van der Waals surface area contributed by atoms with Crippen LogP contribution in [0.2, 0.25) is 0 Å². The minimum absolute atomic E-state index is 0.371. The standard InChI is InChI=1S/C10H19NO2/c1-11-5-2-4-10(12,8-11)9-3-6-13-7-9/h9,12H,2-8H2,1H3. The molecule has 0 aliphatic carbocycles. The molecule has 2 aliphatic heterocycles. The van der Waals surface area contributed by atoms with Crippen LogP contribution >= 0.6 is 0 Å². The third-order valence-electron chi connectivity index (χ3n) is 3.38. The number of rotatable bonds is 1. The molecule has 2 fully saturated rings. The molecule has 0 amide bonds. The Hall–Kier alpha value is -0.120. The van der Waals surface area contributed by atoms with Gasteiger partial charge in [-0.2, -0.15) is 0 Å². The Morgan fingerprint density at radius 2 is 2.38 bits per heavy atom. The monoisotopic (exact) mass is 185 g/mol. The second-order valence-corrected chi connectivity index (χ2v) is 4.51. The molecule has 1 N–H and O–H groups in total. The van der Waals surface area contributed by atoms with Crippen molar-refractivity contribution in [1.82, 2.24) is 4.90 Å². The summed E-state index contributed by atoms with van der Waals surface area (Å²) in [5, 5.41) is 10.4. The van der Waals surface area contributed by atoms with Gasteiger partial charge in [0.25, 0.3) is 0 Å². The average molecular weight is 185 g/mol. The maximum absolute atomic E-state index is 10.4. The zero-order valence-electron chi connectivity index (χ0n) is 8.33. The van der Waals surface area contributed by atoms with E-state index in [2.05, 4.69) is 11.9 Å². The molecule has 2 aliphatic rings. The van der Waals surface area contributed by atoms with Gasteiger partial charge in [0.15, 0.2) is 0 Å². The Morgan fingerprint density at radius 1 is 1.54 bits per heavy atom. The topological polar surface area (TPSA) is 32.7 Å². The Labute approximate surface area is 79.7 Å². The normalized spacial score (nSPS) is 42.5. The van der Waals surface area contributed by atoms with Crippen molar-refractivity contribution in [3.8, 4) is 0 Å². The first-order chi connectivity index (χ1) is 6.21. The lowest BCUT2D eigenvalue weighted by atomic mass is 9.80. The van der Waals surface area contributed by atoms with Gasteiger partial charge in [0.1, 0.15) is 0 Å². The van der Waals surface area contributed by atoms with Crippen LogP contribution in [0.1, 0.15) is 19.3 Å². The molecule has 0 aromatic rings. The van der Waals surface area contributed by atoms with Gasteiger partial charge in [-0.05, 0) is 32.9 Å². The molecule has 0 aromatic carbocycles. The molecule has 3 nitrogen and oxygen atoms in total. The van der Waals surface area contributed by atoms with Gasteiger partial charge in [-0.3, -0.25) is 0 Å². The Kier molecular flexibility index (Phi) is 2.58. The summed E-state index contributed by atoms with van der Waals surface area (Å²) < 4.78 is 5.33. The van der Waals surface area contributed by atoms with E-state index in [1.165, 1.54) is 0 Å². The molecule has 2 rings (SSSR count). The van der Waals surface area contributed by atoms with Crippen molar-refractivity contribution in [3.05, 3.63) is 0 Å². The van der Waals surface area contributed by atoms with Gasteiger partial charge in [-0.15, -0.1) is 0 Å². The summed E-state index contributed by atoms with van der Waals surface area (Å²) in [6, 6.07) is 0. The molecule has 2 unspecified atom stereocenters. The van der Waals surface area contributed by atoms with Crippen molar-refractivity contribution in [2.75, 3.05) is 33.4 Å². The van der Waals surface area contributed by atoms with E-state index >= 15 is 0 Å². The van der Waals surface area contributed by atoms with Crippen LogP contribution in [-0.2, 0) is 4.74 Å². The van der Waals surface area contributed by atoms with E-state index in [1.807, 2.05) is 0 Å². The number of ether oxygens (including phenoxy) is 1. The number of nitrogens with zero attached hydrogens (tertiary/aromatic N) is 1. The summed E-state index contributed by atoms with van der Waals surface area (Å²) in [5.41, 5.74) is -0.469. The zero-order valence-corrected chi connectivity index (χ0v) is 8.33. The van der Waals surface area contributed by atoms with Crippen LogP contribution in [0.4, 0.5) is 0 Å². The summed E-state index contributed by atoms with van der Waals surface area (Å²) in [5.74, 6) is 0.371. The second-order valence-electron chi connectivity index (χ2n) is 4.51. The van der Waals surface area contributed by atoms with E-state index in [1.54, 1.807) is 0 Å². The van der Waals surface area contributed by atoms with Crippen LogP contribution in [0.5, 0.6) is 0 Å². The largest absolute Gasteiger partial charge is 0.388 e. The smallest absolute Gasteiger partial charge is 0.0825 e. The first kappa shape index (κ1) is 9.44. The maximum atomic E-state index is 10.4. The van der Waals surface area contributed by atoms with Crippen LogP contribution in [0.25, 0.3) is 0 Å². The number of likely N-dealkylation sites (tertiary alicyclic amines) is 1. The number of hydrogen-bond acceptors (Lipinski definition) is 3. The predicted molar refractivity (Wildman–Crippen MR) is 50.6 cm³/mol. The van der Waals surface area contributed by atoms with Crippen molar-refractivity contribution in [3.63, 3.8) is 0 Å². The first-order valence-electron chi connectivity index (χ1n) is 5.19. The third-order valence-corrected chi connectivity index (χ3v) is 3.38. The highest BCUT2D eigenvalue weighted by molar-refractivity contribution is 4.93. The zero-order chi connectivity index (χ0) is 9.31. The van der Waals surface area contributed by atoms with E-state index in [9.17, 15) is 5.11 Å². The minimum atomic E-state index is -0.469. The quantitative estimate of drug-likeness (QED) is 0.645. The maximum Gasteiger partial charge on any atom is 0.0825 e. The molecule has 13 heavy (non-hydrogen) atoms. The van der Waals surface area contributed by atoms with Crippen molar-refractivity contribution < 1.29 is 9.84 Å². The highest BCUT2D eigenvalue weighted by Crippen LogP contribution is 2.33. The van der Waals surface area contributed by atoms with Crippen LogP contribution < -0.4 is 0 Å². The molecule has 0 bridgehead atoms. The SMILES string of the molecule is CN1CCCC(O)(C2CCOC2)C1. The molecule has 2 atom stereocenters. The Balaban J connectivity index is 2.00. The fraction of sp³-hybridized carbons (Fsp3) is 1.00. The molecule has 3 heteroatoms. The summed E-state index contributed by atoms with van der Waals surface area (Å²) in [6.07, 6.45) is 3.10. The van der Waals surface area contributed by atoms with Crippen LogP contribution in [0.3, 0.4) is 0 Å². The van der Waals surface area contributed by atoms with Crippen LogP contribution in [-0.4, -0.2) is 49.0 Å². The van der Waals surface area contributed by atoms with Gasteiger partial charge in [0, 0.05) is 19.1 Å². The summed E-state index contributed by atoms with van der Waals surface area (Å²) >= 11 is 0. The van der Waals surface area contributed by atoms with Gasteiger partial charge in [0.2, 0.25) is 0 Å². The molecule has 0 radical (unpaired) electrons. The number of piperidine rings is 1. The molecule has 0 spiro atoms. The van der Waals surface area contributed by atoms with Crippen molar-refractivity contribution >= 4 is 0 Å². The lowest BCUT2D eigenvalue weighted by molar-refractivity contribution is -0.0699. The summed E-state index contributed by atoms with van der Waals surface area (Å²) in [6.45, 7) is 3.53. The second kappa shape index (κ2) is 3.56.